The van der Waals surface area contributed by atoms with Crippen LogP contribution in [0.3, 0.4) is 0 Å². The van der Waals surface area contributed by atoms with Gasteiger partial charge in [-0.15, -0.1) is 0 Å². The van der Waals surface area contributed by atoms with Gasteiger partial charge in [0.05, 0.1) is 0 Å². The molecule has 1 fully saturated rings. The van der Waals surface area contributed by atoms with Crippen LogP contribution in [0.15, 0.2) is 0 Å². The van der Waals surface area contributed by atoms with Crippen molar-refractivity contribution in [1.82, 2.24) is 0 Å². The molecule has 0 bridgehead atoms. The molecule has 0 aromatic heterocycles. The number of aliphatic hydroxyl groups excluding tert-OH is 1. The van der Waals surface area contributed by atoms with Gasteiger partial charge in [-0.3, -0.25) is 0 Å². The molecule has 0 unspecified atom stereocenters. The van der Waals surface area contributed by atoms with E-state index in [1.165, 1.54) is 38.5 Å². The van der Waals surface area contributed by atoms with Crippen LogP contribution in [0, 0.1) is 5.41 Å². The molecule has 1 nitrogen and oxygen atoms in total. The molecule has 0 atom stereocenters. The van der Waals surface area contributed by atoms with E-state index in [-0.39, 0.29) is 0 Å². The van der Waals surface area contributed by atoms with Gasteiger partial charge in [-0.2, -0.15) is 0 Å². The van der Waals surface area contributed by atoms with Gasteiger partial charge >= 0.3 is 0 Å². The van der Waals surface area contributed by atoms with E-state index in [1.807, 2.05) is 0 Å². The SMILES string of the molecule is CCCCCC1(CO)CC1. The first-order valence-corrected chi connectivity index (χ1v) is 4.44. The van der Waals surface area contributed by atoms with Crippen molar-refractivity contribution in [3.05, 3.63) is 0 Å². The van der Waals surface area contributed by atoms with E-state index in [9.17, 15) is 0 Å². The van der Waals surface area contributed by atoms with Crippen LogP contribution >= 0.6 is 0 Å². The minimum Gasteiger partial charge on any atom is -0.396 e. The Labute approximate surface area is 63.4 Å². The molecule has 60 valence electrons. The Bertz CT molecular complexity index is 94.9. The van der Waals surface area contributed by atoms with Gasteiger partial charge in [0.15, 0.2) is 0 Å². The maximum Gasteiger partial charge on any atom is 0.0487 e. The molecule has 0 saturated heterocycles. The molecule has 0 heterocycles. The zero-order chi connectivity index (χ0) is 7.45. The van der Waals surface area contributed by atoms with Crippen LogP contribution in [0.5, 0.6) is 0 Å². The van der Waals surface area contributed by atoms with Crippen molar-refractivity contribution in [3.8, 4) is 0 Å². The standard InChI is InChI=1S/C9H18O/c1-2-3-4-5-9(8-10)6-7-9/h10H,2-8H2,1H3. The van der Waals surface area contributed by atoms with Crippen molar-refractivity contribution >= 4 is 0 Å². The summed E-state index contributed by atoms with van der Waals surface area (Å²) < 4.78 is 0. The number of rotatable bonds is 5. The summed E-state index contributed by atoms with van der Waals surface area (Å²) in [5.74, 6) is 0. The summed E-state index contributed by atoms with van der Waals surface area (Å²) in [7, 11) is 0. The van der Waals surface area contributed by atoms with Gasteiger partial charge in [0.25, 0.3) is 0 Å². The van der Waals surface area contributed by atoms with E-state index < -0.39 is 0 Å². The van der Waals surface area contributed by atoms with Crippen LogP contribution in [0.4, 0.5) is 0 Å². The van der Waals surface area contributed by atoms with Crippen LogP contribution in [0.2, 0.25) is 0 Å². The highest BCUT2D eigenvalue weighted by Crippen LogP contribution is 2.49. The summed E-state index contributed by atoms with van der Waals surface area (Å²) in [4.78, 5) is 0. The smallest absolute Gasteiger partial charge is 0.0487 e. The molecule has 1 rings (SSSR count). The predicted molar refractivity (Wildman–Crippen MR) is 42.9 cm³/mol. The molecule has 1 aliphatic carbocycles. The van der Waals surface area contributed by atoms with Crippen molar-refractivity contribution in [2.24, 2.45) is 5.41 Å². The van der Waals surface area contributed by atoms with E-state index in [4.69, 9.17) is 5.11 Å². The second-order valence-corrected chi connectivity index (χ2v) is 3.62. The summed E-state index contributed by atoms with van der Waals surface area (Å²) in [6.45, 7) is 2.65. The van der Waals surface area contributed by atoms with Crippen LogP contribution in [-0.2, 0) is 0 Å². The Morgan fingerprint density at radius 2 is 2.00 bits per heavy atom. The largest absolute Gasteiger partial charge is 0.396 e. The van der Waals surface area contributed by atoms with Gasteiger partial charge in [0, 0.05) is 6.61 Å². The minimum absolute atomic E-state index is 0.398. The summed E-state index contributed by atoms with van der Waals surface area (Å²) in [5.41, 5.74) is 0.398. The fourth-order valence-corrected chi connectivity index (χ4v) is 1.41. The average Bonchev–Trinajstić information content (AvgIpc) is 2.70. The molecule has 0 amide bonds. The zero-order valence-corrected chi connectivity index (χ0v) is 6.90. The lowest BCUT2D eigenvalue weighted by atomic mass is 10.00. The van der Waals surface area contributed by atoms with Crippen LogP contribution in [0.1, 0.15) is 45.4 Å². The van der Waals surface area contributed by atoms with Gasteiger partial charge in [-0.25, -0.2) is 0 Å². The Kier molecular flexibility index (Phi) is 2.72. The first kappa shape index (κ1) is 8.06. The van der Waals surface area contributed by atoms with Crippen LogP contribution < -0.4 is 0 Å². The number of hydrogen-bond acceptors (Lipinski definition) is 1. The van der Waals surface area contributed by atoms with E-state index in [0.29, 0.717) is 12.0 Å². The lowest BCUT2D eigenvalue weighted by molar-refractivity contribution is 0.200. The lowest BCUT2D eigenvalue weighted by Gasteiger charge is -2.09. The fourth-order valence-electron chi connectivity index (χ4n) is 1.41. The van der Waals surface area contributed by atoms with Crippen molar-refractivity contribution < 1.29 is 5.11 Å². The number of hydrogen-bond donors (Lipinski definition) is 1. The molecule has 1 N–H and O–H groups in total. The maximum absolute atomic E-state index is 8.96. The van der Waals surface area contributed by atoms with Crippen LogP contribution in [0.25, 0.3) is 0 Å². The summed E-state index contributed by atoms with van der Waals surface area (Å²) in [6.07, 6.45) is 7.75. The molecule has 0 aromatic rings. The molecule has 1 saturated carbocycles. The van der Waals surface area contributed by atoms with Gasteiger partial charge < -0.3 is 5.11 Å². The second kappa shape index (κ2) is 3.38. The van der Waals surface area contributed by atoms with Crippen molar-refractivity contribution in [2.45, 2.75) is 45.4 Å². The third kappa shape index (κ3) is 1.98. The summed E-state index contributed by atoms with van der Waals surface area (Å²) in [6, 6.07) is 0. The van der Waals surface area contributed by atoms with Crippen molar-refractivity contribution in [2.75, 3.05) is 6.61 Å². The highest BCUT2D eigenvalue weighted by Gasteiger charge is 2.40. The zero-order valence-electron chi connectivity index (χ0n) is 6.90. The quantitative estimate of drug-likeness (QED) is 0.584. The monoisotopic (exact) mass is 142 g/mol. The van der Waals surface area contributed by atoms with Crippen molar-refractivity contribution in [1.29, 1.82) is 0 Å². The second-order valence-electron chi connectivity index (χ2n) is 3.62. The average molecular weight is 142 g/mol. The minimum atomic E-state index is 0.398. The molecule has 0 aromatic carbocycles. The normalized spacial score (nSPS) is 21.0. The lowest BCUT2D eigenvalue weighted by Crippen LogP contribution is -2.05. The van der Waals surface area contributed by atoms with Gasteiger partial charge in [0.1, 0.15) is 0 Å². The number of unbranched alkanes of at least 4 members (excludes halogenated alkanes) is 2. The van der Waals surface area contributed by atoms with E-state index in [1.54, 1.807) is 0 Å². The molecule has 0 spiro atoms. The Balaban J connectivity index is 2.01. The van der Waals surface area contributed by atoms with E-state index in [0.717, 1.165) is 0 Å². The Hall–Kier alpha value is -0.0400. The van der Waals surface area contributed by atoms with E-state index >= 15 is 0 Å². The highest BCUT2D eigenvalue weighted by molar-refractivity contribution is 4.91. The van der Waals surface area contributed by atoms with E-state index in [2.05, 4.69) is 6.92 Å². The molecule has 1 heteroatoms. The molecule has 0 aliphatic heterocycles. The summed E-state index contributed by atoms with van der Waals surface area (Å²) in [5, 5.41) is 8.96. The molecular weight excluding hydrogens is 124 g/mol. The first-order chi connectivity index (χ1) is 4.83. The Morgan fingerprint density at radius 1 is 1.30 bits per heavy atom. The highest BCUT2D eigenvalue weighted by atomic mass is 16.3. The molecule has 1 aliphatic rings. The van der Waals surface area contributed by atoms with Crippen molar-refractivity contribution in [3.63, 3.8) is 0 Å². The van der Waals surface area contributed by atoms with Gasteiger partial charge in [-0.05, 0) is 24.7 Å². The predicted octanol–water partition coefficient (Wildman–Crippen LogP) is 2.34. The topological polar surface area (TPSA) is 20.2 Å². The third-order valence-corrected chi connectivity index (χ3v) is 2.60. The summed E-state index contributed by atoms with van der Waals surface area (Å²) >= 11 is 0. The van der Waals surface area contributed by atoms with Gasteiger partial charge in [-0.1, -0.05) is 26.2 Å². The number of aliphatic hydroxyl groups is 1. The molecule has 0 radical (unpaired) electrons. The maximum atomic E-state index is 8.96. The van der Waals surface area contributed by atoms with Crippen LogP contribution in [-0.4, -0.2) is 11.7 Å². The molecular formula is C9H18O. The first-order valence-electron chi connectivity index (χ1n) is 4.44. The third-order valence-electron chi connectivity index (χ3n) is 2.60. The van der Waals surface area contributed by atoms with Gasteiger partial charge in [0.2, 0.25) is 0 Å². The Morgan fingerprint density at radius 3 is 2.40 bits per heavy atom. The molecule has 10 heavy (non-hydrogen) atoms. The fraction of sp³-hybridized carbons (Fsp3) is 1.00.